The fourth-order valence-electron chi connectivity index (χ4n) is 11.4. The van der Waals surface area contributed by atoms with Crippen LogP contribution in [0.3, 0.4) is 0 Å². The van der Waals surface area contributed by atoms with Crippen molar-refractivity contribution in [2.24, 2.45) is 0 Å². The fraction of sp³-hybridized carbons (Fsp3) is 0.0328. The molecule has 300 valence electrons. The van der Waals surface area contributed by atoms with Gasteiger partial charge in [-0.15, -0.1) is 0 Å². The first-order valence-corrected chi connectivity index (χ1v) is 22.0. The summed E-state index contributed by atoms with van der Waals surface area (Å²) in [6.45, 7) is 0. The highest BCUT2D eigenvalue weighted by Crippen LogP contribution is 2.64. The average molecular weight is 817 g/mol. The van der Waals surface area contributed by atoms with E-state index in [0.717, 1.165) is 45.3 Å². The van der Waals surface area contributed by atoms with Gasteiger partial charge in [-0.3, -0.25) is 4.98 Å². The molecular weight excluding hydrogens is 777 g/mol. The quantitative estimate of drug-likeness (QED) is 0.167. The van der Waals surface area contributed by atoms with Gasteiger partial charge >= 0.3 is 0 Å². The Morgan fingerprint density at radius 3 is 1.58 bits per heavy atom. The summed E-state index contributed by atoms with van der Waals surface area (Å²) in [7, 11) is 0. The highest BCUT2D eigenvalue weighted by Gasteiger charge is 2.52. The Balaban J connectivity index is 1.04. The lowest BCUT2D eigenvalue weighted by Gasteiger charge is -2.39. The summed E-state index contributed by atoms with van der Waals surface area (Å²) in [6, 6.07) is 84.4. The third-order valence-electron chi connectivity index (χ3n) is 13.9. The number of benzene rings is 9. The van der Waals surface area contributed by atoms with Gasteiger partial charge < -0.3 is 9.64 Å². The summed E-state index contributed by atoms with van der Waals surface area (Å²) in [4.78, 5) is 6.77. The molecule has 13 rings (SSSR count). The van der Waals surface area contributed by atoms with E-state index in [1.54, 1.807) is 0 Å². The molecule has 1 aromatic heterocycles. The second kappa shape index (κ2) is 14.1. The molecule has 0 saturated carbocycles. The van der Waals surface area contributed by atoms with Gasteiger partial charge in [0.05, 0.1) is 16.5 Å². The van der Waals surface area contributed by atoms with E-state index in [4.69, 9.17) is 4.74 Å². The molecule has 0 radical (unpaired) electrons. The molecule has 1 unspecified atom stereocenters. The largest absolute Gasteiger partial charge is 0.457 e. The lowest BCUT2D eigenvalue weighted by molar-refractivity contribution is 0.436. The normalized spacial score (nSPS) is 15.5. The van der Waals surface area contributed by atoms with Gasteiger partial charge in [-0.25, -0.2) is 0 Å². The predicted octanol–water partition coefficient (Wildman–Crippen LogP) is 15.1. The van der Waals surface area contributed by atoms with E-state index in [0.29, 0.717) is 0 Å². The zero-order valence-electron chi connectivity index (χ0n) is 34.9. The Hall–Kier alpha value is -8.27. The number of anilines is 3. The maximum atomic E-state index is 6.66. The van der Waals surface area contributed by atoms with Gasteiger partial charge in [-0.05, 0) is 122 Å². The SMILES string of the molecule is c1ccc(N(c2ccc(C3(c4ccccc4)c4ccccc4-c4ccc(-c5ccncc5)cc43)cc2)c2cccc3c2-c2ccccc2C32c3ccccc3Oc3ccccc32)cc1. The van der Waals surface area contributed by atoms with Crippen molar-refractivity contribution in [2.45, 2.75) is 10.8 Å². The zero-order valence-corrected chi connectivity index (χ0v) is 34.9. The van der Waals surface area contributed by atoms with Crippen molar-refractivity contribution < 1.29 is 4.74 Å². The van der Waals surface area contributed by atoms with Crippen molar-refractivity contribution in [2.75, 3.05) is 4.90 Å². The predicted molar refractivity (Wildman–Crippen MR) is 259 cm³/mol. The molecule has 10 aromatic rings. The summed E-state index contributed by atoms with van der Waals surface area (Å²) in [5.41, 5.74) is 19.3. The smallest absolute Gasteiger partial charge is 0.132 e. The summed E-state index contributed by atoms with van der Waals surface area (Å²) in [6.07, 6.45) is 3.75. The number of ether oxygens (including phenoxy) is 1. The monoisotopic (exact) mass is 816 g/mol. The summed E-state index contributed by atoms with van der Waals surface area (Å²) in [5.74, 6) is 1.78. The topological polar surface area (TPSA) is 25.4 Å². The lowest BCUT2D eigenvalue weighted by Crippen LogP contribution is -2.32. The molecule has 9 aromatic carbocycles. The summed E-state index contributed by atoms with van der Waals surface area (Å²) < 4.78 is 6.66. The number of aromatic nitrogens is 1. The van der Waals surface area contributed by atoms with Crippen LogP contribution < -0.4 is 9.64 Å². The first kappa shape index (κ1) is 36.4. The van der Waals surface area contributed by atoms with Crippen LogP contribution in [0.2, 0.25) is 0 Å². The van der Waals surface area contributed by atoms with E-state index in [1.165, 1.54) is 61.2 Å². The number of nitrogens with zero attached hydrogens (tertiary/aromatic N) is 2. The standard InChI is InChI=1S/C61H40N2O/c1-3-16-43(17-4-1)60(50-22-9-7-20-47(50)48-35-30-42(40-55(48)60)41-36-38-62-39-37-41)44-31-33-46(34-32-44)63(45-18-5-2-6-19-45)56-27-15-26-54-59(56)49-21-8-10-23-51(49)61(54)52-24-11-13-28-57(52)64-58-29-14-12-25-53(58)61/h1-40H. The molecule has 1 atom stereocenters. The second-order valence-electron chi connectivity index (χ2n) is 17.0. The van der Waals surface area contributed by atoms with Crippen molar-refractivity contribution in [3.05, 3.63) is 287 Å². The highest BCUT2D eigenvalue weighted by molar-refractivity contribution is 5.98. The second-order valence-corrected chi connectivity index (χ2v) is 17.0. The van der Waals surface area contributed by atoms with Crippen molar-refractivity contribution in [1.82, 2.24) is 4.98 Å². The van der Waals surface area contributed by atoms with Crippen molar-refractivity contribution in [3.8, 4) is 44.9 Å². The average Bonchev–Trinajstić information content (AvgIpc) is 3.84. The van der Waals surface area contributed by atoms with E-state index < -0.39 is 10.8 Å². The van der Waals surface area contributed by atoms with E-state index in [-0.39, 0.29) is 0 Å². The van der Waals surface area contributed by atoms with Crippen LogP contribution in [-0.4, -0.2) is 4.98 Å². The Kier molecular flexibility index (Phi) is 8.04. The van der Waals surface area contributed by atoms with Gasteiger partial charge in [0.1, 0.15) is 11.5 Å². The third kappa shape index (κ3) is 5.01. The molecule has 1 aliphatic heterocycles. The maximum Gasteiger partial charge on any atom is 0.132 e. The van der Waals surface area contributed by atoms with Gasteiger partial charge in [0.25, 0.3) is 0 Å². The van der Waals surface area contributed by atoms with Crippen LogP contribution in [0.1, 0.15) is 44.5 Å². The molecule has 64 heavy (non-hydrogen) atoms. The maximum absolute atomic E-state index is 6.66. The number of hydrogen-bond acceptors (Lipinski definition) is 3. The molecule has 0 saturated heterocycles. The molecule has 3 aliphatic rings. The first-order chi connectivity index (χ1) is 31.8. The van der Waals surface area contributed by atoms with Gasteiger partial charge in [-0.1, -0.05) is 170 Å². The van der Waals surface area contributed by atoms with E-state index in [2.05, 4.69) is 240 Å². The van der Waals surface area contributed by atoms with Crippen LogP contribution in [0, 0.1) is 0 Å². The fourth-order valence-corrected chi connectivity index (χ4v) is 11.4. The minimum Gasteiger partial charge on any atom is -0.457 e. The first-order valence-electron chi connectivity index (χ1n) is 22.0. The number of pyridine rings is 1. The Morgan fingerprint density at radius 1 is 0.344 bits per heavy atom. The summed E-state index contributed by atoms with van der Waals surface area (Å²) >= 11 is 0. The molecular formula is C61H40N2O. The number of rotatable bonds is 6. The van der Waals surface area contributed by atoms with Crippen LogP contribution in [0.5, 0.6) is 11.5 Å². The summed E-state index contributed by atoms with van der Waals surface area (Å²) in [5, 5.41) is 0. The van der Waals surface area contributed by atoms with Crippen molar-refractivity contribution in [3.63, 3.8) is 0 Å². The number of hydrogen-bond donors (Lipinski definition) is 0. The molecule has 2 heterocycles. The third-order valence-corrected chi connectivity index (χ3v) is 13.9. The zero-order chi connectivity index (χ0) is 42.2. The minimum absolute atomic E-state index is 0.560. The van der Waals surface area contributed by atoms with E-state index >= 15 is 0 Å². The molecule has 3 nitrogen and oxygen atoms in total. The minimum atomic E-state index is -0.569. The lowest BCUT2D eigenvalue weighted by atomic mass is 9.66. The molecule has 0 amide bonds. The van der Waals surface area contributed by atoms with Crippen LogP contribution in [0.15, 0.2) is 243 Å². The highest BCUT2D eigenvalue weighted by atomic mass is 16.5. The molecule has 3 heteroatoms. The Morgan fingerprint density at radius 2 is 0.875 bits per heavy atom. The Labute approximate surface area is 373 Å². The number of para-hydroxylation sites is 3. The van der Waals surface area contributed by atoms with Crippen LogP contribution in [-0.2, 0) is 10.8 Å². The molecule has 2 aliphatic carbocycles. The molecule has 0 bridgehead atoms. The van der Waals surface area contributed by atoms with Gasteiger partial charge in [-0.2, -0.15) is 0 Å². The van der Waals surface area contributed by atoms with Gasteiger partial charge in [0, 0.05) is 40.5 Å². The van der Waals surface area contributed by atoms with Crippen molar-refractivity contribution >= 4 is 17.1 Å². The van der Waals surface area contributed by atoms with E-state index in [9.17, 15) is 0 Å². The molecule has 0 N–H and O–H groups in total. The van der Waals surface area contributed by atoms with Crippen LogP contribution in [0.25, 0.3) is 33.4 Å². The molecule has 0 fully saturated rings. The van der Waals surface area contributed by atoms with E-state index in [1.807, 2.05) is 12.4 Å². The van der Waals surface area contributed by atoms with Gasteiger partial charge in [0.2, 0.25) is 0 Å². The van der Waals surface area contributed by atoms with Crippen LogP contribution in [0.4, 0.5) is 17.1 Å². The Bertz CT molecular complexity index is 3370. The van der Waals surface area contributed by atoms with Crippen LogP contribution >= 0.6 is 0 Å². The van der Waals surface area contributed by atoms with Crippen molar-refractivity contribution in [1.29, 1.82) is 0 Å². The van der Waals surface area contributed by atoms with Gasteiger partial charge in [0.15, 0.2) is 0 Å². The number of fused-ring (bicyclic) bond motifs is 12. The molecule has 1 spiro atoms.